The summed E-state index contributed by atoms with van der Waals surface area (Å²) in [7, 11) is 3.12. The summed E-state index contributed by atoms with van der Waals surface area (Å²) in [5.41, 5.74) is 1.79. The number of nitrogens with one attached hydrogen (secondary N) is 1. The van der Waals surface area contributed by atoms with Gasteiger partial charge in [-0.25, -0.2) is 9.97 Å². The van der Waals surface area contributed by atoms with E-state index in [2.05, 4.69) is 15.3 Å². The number of fused-ring (bicyclic) bond motifs is 1. The Bertz CT molecular complexity index is 840. The van der Waals surface area contributed by atoms with Crippen LogP contribution in [0.2, 0.25) is 0 Å². The van der Waals surface area contributed by atoms with Gasteiger partial charge in [0.1, 0.15) is 5.69 Å². The van der Waals surface area contributed by atoms with Gasteiger partial charge in [-0.05, 0) is 24.6 Å². The smallest absolute Gasteiger partial charge is 0.275 e. The molecule has 3 aromatic rings. The molecule has 0 saturated carbocycles. The minimum atomic E-state index is -0.314. The van der Waals surface area contributed by atoms with E-state index < -0.39 is 0 Å². The molecule has 0 fully saturated rings. The minimum absolute atomic E-state index is 0.290. The van der Waals surface area contributed by atoms with Gasteiger partial charge in [0.15, 0.2) is 11.5 Å². The van der Waals surface area contributed by atoms with Crippen LogP contribution in [0.25, 0.3) is 5.78 Å². The zero-order chi connectivity index (χ0) is 16.4. The van der Waals surface area contributed by atoms with E-state index in [1.165, 1.54) is 0 Å². The van der Waals surface area contributed by atoms with Crippen molar-refractivity contribution < 1.29 is 14.3 Å². The molecule has 0 saturated heterocycles. The molecule has 7 nitrogen and oxygen atoms in total. The van der Waals surface area contributed by atoms with Gasteiger partial charge in [0, 0.05) is 30.3 Å². The molecule has 0 radical (unpaired) electrons. The van der Waals surface area contributed by atoms with Crippen LogP contribution in [0.5, 0.6) is 11.5 Å². The highest BCUT2D eigenvalue weighted by Crippen LogP contribution is 2.33. The average molecular weight is 312 g/mol. The highest BCUT2D eigenvalue weighted by atomic mass is 16.5. The number of aromatic nitrogens is 3. The summed E-state index contributed by atoms with van der Waals surface area (Å²) >= 11 is 0. The molecule has 0 bridgehead atoms. The van der Waals surface area contributed by atoms with Gasteiger partial charge < -0.3 is 14.8 Å². The Morgan fingerprint density at radius 1 is 1.22 bits per heavy atom. The number of aryl methyl sites for hydroxylation is 1. The highest BCUT2D eigenvalue weighted by molar-refractivity contribution is 6.03. The number of benzene rings is 1. The number of carbonyl (C=O) groups excluding carboxylic acids is 1. The number of nitrogens with zero attached hydrogens (tertiary/aromatic N) is 3. The molecule has 0 atom stereocenters. The quantitative estimate of drug-likeness (QED) is 0.800. The van der Waals surface area contributed by atoms with Crippen molar-refractivity contribution in [2.45, 2.75) is 6.92 Å². The lowest BCUT2D eigenvalue weighted by atomic mass is 10.1. The standard InChI is InChI=1S/C16H16N4O3/c1-10-7-13(22-2)14(23-3)8-11(10)18-15(21)12-9-20-6-4-5-17-16(20)19-12/h4-9H,1-3H3,(H,18,21). The highest BCUT2D eigenvalue weighted by Gasteiger charge is 2.15. The Labute approximate surface area is 132 Å². The van der Waals surface area contributed by atoms with Crippen LogP contribution < -0.4 is 14.8 Å². The molecule has 0 aliphatic carbocycles. The second-order valence-electron chi connectivity index (χ2n) is 4.93. The van der Waals surface area contributed by atoms with E-state index in [0.717, 1.165) is 5.56 Å². The van der Waals surface area contributed by atoms with E-state index in [1.54, 1.807) is 55.4 Å². The Balaban J connectivity index is 1.90. The zero-order valence-corrected chi connectivity index (χ0v) is 13.0. The number of anilines is 1. The van der Waals surface area contributed by atoms with Crippen molar-refractivity contribution in [2.24, 2.45) is 0 Å². The van der Waals surface area contributed by atoms with Gasteiger partial charge in [-0.3, -0.25) is 9.20 Å². The maximum absolute atomic E-state index is 12.4. The molecular weight excluding hydrogens is 296 g/mol. The van der Waals surface area contributed by atoms with Crippen LogP contribution in [0.4, 0.5) is 5.69 Å². The minimum Gasteiger partial charge on any atom is -0.493 e. The number of rotatable bonds is 4. The van der Waals surface area contributed by atoms with Gasteiger partial charge in [0.2, 0.25) is 5.78 Å². The van der Waals surface area contributed by atoms with E-state index in [0.29, 0.717) is 23.0 Å². The number of amides is 1. The molecule has 2 aromatic heterocycles. The predicted molar refractivity (Wildman–Crippen MR) is 85.2 cm³/mol. The number of carbonyl (C=O) groups is 1. The molecule has 3 rings (SSSR count). The van der Waals surface area contributed by atoms with Crippen LogP contribution in [0.15, 0.2) is 36.8 Å². The molecule has 0 unspecified atom stereocenters. The predicted octanol–water partition coefficient (Wildman–Crippen LogP) is 2.31. The lowest BCUT2D eigenvalue weighted by molar-refractivity contribution is 0.102. The first-order chi connectivity index (χ1) is 11.1. The molecule has 1 amide bonds. The summed E-state index contributed by atoms with van der Waals surface area (Å²) in [6.45, 7) is 1.88. The third-order valence-corrected chi connectivity index (χ3v) is 3.45. The average Bonchev–Trinajstić information content (AvgIpc) is 3.00. The van der Waals surface area contributed by atoms with E-state index in [-0.39, 0.29) is 11.6 Å². The van der Waals surface area contributed by atoms with Crippen LogP contribution in [0.1, 0.15) is 16.1 Å². The van der Waals surface area contributed by atoms with Crippen LogP contribution >= 0.6 is 0 Å². The number of ether oxygens (including phenoxy) is 2. The molecule has 1 aromatic carbocycles. The van der Waals surface area contributed by atoms with Crippen LogP contribution in [0.3, 0.4) is 0 Å². The van der Waals surface area contributed by atoms with Crippen LogP contribution in [-0.4, -0.2) is 34.5 Å². The fraction of sp³-hybridized carbons (Fsp3) is 0.188. The van der Waals surface area contributed by atoms with Crippen molar-refractivity contribution in [3.05, 3.63) is 48.0 Å². The number of methoxy groups -OCH3 is 2. The van der Waals surface area contributed by atoms with Gasteiger partial charge in [0.05, 0.1) is 14.2 Å². The molecular formula is C16H16N4O3. The summed E-state index contributed by atoms with van der Waals surface area (Å²) in [5.74, 6) is 1.32. The SMILES string of the molecule is COc1cc(C)c(NC(=O)c2cn3cccnc3n2)cc1OC. The van der Waals surface area contributed by atoms with Gasteiger partial charge in [-0.2, -0.15) is 0 Å². The van der Waals surface area contributed by atoms with E-state index in [9.17, 15) is 4.79 Å². The normalized spacial score (nSPS) is 10.6. The zero-order valence-electron chi connectivity index (χ0n) is 13.0. The van der Waals surface area contributed by atoms with Crippen molar-refractivity contribution in [1.82, 2.24) is 14.4 Å². The van der Waals surface area contributed by atoms with Gasteiger partial charge in [-0.1, -0.05) is 0 Å². The maximum Gasteiger partial charge on any atom is 0.275 e. The largest absolute Gasteiger partial charge is 0.493 e. The fourth-order valence-corrected chi connectivity index (χ4v) is 2.24. The van der Waals surface area contributed by atoms with E-state index in [1.807, 2.05) is 6.92 Å². The third kappa shape index (κ3) is 2.80. The van der Waals surface area contributed by atoms with Crippen molar-refractivity contribution in [3.8, 4) is 11.5 Å². The number of imidazole rings is 1. The topological polar surface area (TPSA) is 77.8 Å². The fourth-order valence-electron chi connectivity index (χ4n) is 2.24. The van der Waals surface area contributed by atoms with Gasteiger partial charge in [-0.15, -0.1) is 0 Å². The first kappa shape index (κ1) is 14.8. The Kier molecular flexibility index (Phi) is 3.84. The van der Waals surface area contributed by atoms with Gasteiger partial charge >= 0.3 is 0 Å². The number of hydrogen-bond donors (Lipinski definition) is 1. The van der Waals surface area contributed by atoms with E-state index >= 15 is 0 Å². The summed E-state index contributed by atoms with van der Waals surface area (Å²) in [6.07, 6.45) is 5.05. The first-order valence-electron chi connectivity index (χ1n) is 6.96. The van der Waals surface area contributed by atoms with Crippen molar-refractivity contribution in [1.29, 1.82) is 0 Å². The Hall–Kier alpha value is -3.09. The first-order valence-corrected chi connectivity index (χ1v) is 6.96. The van der Waals surface area contributed by atoms with E-state index in [4.69, 9.17) is 9.47 Å². The van der Waals surface area contributed by atoms with Crippen molar-refractivity contribution in [2.75, 3.05) is 19.5 Å². The molecule has 0 aliphatic rings. The summed E-state index contributed by atoms with van der Waals surface area (Å²) in [6, 6.07) is 5.30. The maximum atomic E-state index is 12.4. The summed E-state index contributed by atoms with van der Waals surface area (Å²) < 4.78 is 12.2. The molecule has 7 heteroatoms. The van der Waals surface area contributed by atoms with Crippen LogP contribution in [-0.2, 0) is 0 Å². The lowest BCUT2D eigenvalue weighted by Crippen LogP contribution is -2.13. The second kappa shape index (κ2) is 5.96. The molecule has 2 heterocycles. The van der Waals surface area contributed by atoms with Crippen molar-refractivity contribution >= 4 is 17.4 Å². The molecule has 0 spiro atoms. The van der Waals surface area contributed by atoms with Gasteiger partial charge in [0.25, 0.3) is 5.91 Å². The second-order valence-corrected chi connectivity index (χ2v) is 4.93. The number of hydrogen-bond acceptors (Lipinski definition) is 5. The lowest BCUT2D eigenvalue weighted by Gasteiger charge is -2.13. The van der Waals surface area contributed by atoms with Crippen LogP contribution in [0, 0.1) is 6.92 Å². The Morgan fingerprint density at radius 2 is 1.96 bits per heavy atom. The molecule has 118 valence electrons. The molecule has 23 heavy (non-hydrogen) atoms. The van der Waals surface area contributed by atoms with Crippen molar-refractivity contribution in [3.63, 3.8) is 0 Å². The summed E-state index contributed by atoms with van der Waals surface area (Å²) in [5, 5.41) is 2.84. The summed E-state index contributed by atoms with van der Waals surface area (Å²) in [4.78, 5) is 20.7. The monoisotopic (exact) mass is 312 g/mol. The molecule has 1 N–H and O–H groups in total. The third-order valence-electron chi connectivity index (χ3n) is 3.45. The molecule has 0 aliphatic heterocycles. The Morgan fingerprint density at radius 3 is 2.65 bits per heavy atom.